The van der Waals surface area contributed by atoms with Crippen LogP contribution in [-0.4, -0.2) is 37.1 Å². The first kappa shape index (κ1) is 18.5. The molecule has 25 heavy (non-hydrogen) atoms. The van der Waals surface area contributed by atoms with Gasteiger partial charge in [0.2, 0.25) is 15.9 Å². The fourth-order valence-electron chi connectivity index (χ4n) is 1.97. The Hall–Kier alpha value is -2.85. The monoisotopic (exact) mass is 367 g/mol. The summed E-state index contributed by atoms with van der Waals surface area (Å²) in [5.41, 5.74) is -0.0448. The zero-order valence-electron chi connectivity index (χ0n) is 13.0. The molecular formula is C15H14FN3O5S. The molecule has 10 heteroatoms. The number of nitro benzene ring substituents is 1. The molecule has 0 heterocycles. The van der Waals surface area contributed by atoms with Crippen LogP contribution < -0.4 is 5.32 Å². The number of likely N-dealkylation sites (N-methyl/N-ethyl adjacent to an activating group) is 1. The number of anilines is 1. The normalized spacial score (nSPS) is 11.3. The van der Waals surface area contributed by atoms with Gasteiger partial charge in [0.25, 0.3) is 5.69 Å². The number of nitro groups is 1. The number of nitrogens with one attached hydrogen (secondary N) is 1. The first-order valence-electron chi connectivity index (χ1n) is 6.96. The Morgan fingerprint density at radius 3 is 2.44 bits per heavy atom. The second kappa shape index (κ2) is 7.36. The number of benzene rings is 2. The van der Waals surface area contributed by atoms with Crippen molar-refractivity contribution < 1.29 is 22.5 Å². The van der Waals surface area contributed by atoms with E-state index >= 15 is 0 Å². The molecule has 0 aliphatic rings. The Balaban J connectivity index is 2.08. The quantitative estimate of drug-likeness (QED) is 0.620. The summed E-state index contributed by atoms with van der Waals surface area (Å²) in [6.45, 7) is -0.504. The minimum Gasteiger partial charge on any atom is -0.325 e. The van der Waals surface area contributed by atoms with Crippen molar-refractivity contribution in [1.82, 2.24) is 4.31 Å². The highest BCUT2D eigenvalue weighted by Gasteiger charge is 2.23. The van der Waals surface area contributed by atoms with Crippen LogP contribution in [-0.2, 0) is 14.8 Å². The summed E-state index contributed by atoms with van der Waals surface area (Å²) in [4.78, 5) is 21.7. The molecule has 0 unspecified atom stereocenters. The largest absolute Gasteiger partial charge is 0.325 e. The van der Waals surface area contributed by atoms with E-state index in [2.05, 4.69) is 5.32 Å². The molecule has 0 bridgehead atoms. The number of carbonyl (C=O) groups excluding carboxylic acids is 1. The van der Waals surface area contributed by atoms with E-state index in [0.717, 1.165) is 34.6 Å². The fourth-order valence-corrected chi connectivity index (χ4v) is 3.10. The highest BCUT2D eigenvalue weighted by Crippen LogP contribution is 2.18. The van der Waals surface area contributed by atoms with E-state index < -0.39 is 33.2 Å². The Labute approximate surface area is 143 Å². The lowest BCUT2D eigenvalue weighted by Gasteiger charge is -2.16. The molecule has 0 fully saturated rings. The highest BCUT2D eigenvalue weighted by atomic mass is 32.2. The Bertz CT molecular complexity index is 900. The molecule has 2 aromatic rings. The lowest BCUT2D eigenvalue weighted by atomic mass is 10.3. The number of hydrogen-bond donors (Lipinski definition) is 1. The third kappa shape index (κ3) is 4.58. The molecule has 0 saturated carbocycles. The fraction of sp³-hybridized carbons (Fsp3) is 0.133. The minimum atomic E-state index is -4.00. The molecule has 8 nitrogen and oxygen atoms in total. The number of carbonyl (C=O) groups is 1. The van der Waals surface area contributed by atoms with Gasteiger partial charge in [-0.3, -0.25) is 14.9 Å². The highest BCUT2D eigenvalue weighted by molar-refractivity contribution is 7.89. The molecule has 1 N–H and O–H groups in total. The number of non-ortho nitro benzene ring substituents is 1. The zero-order chi connectivity index (χ0) is 18.6. The summed E-state index contributed by atoms with van der Waals surface area (Å²) in [6.07, 6.45) is 0. The van der Waals surface area contributed by atoms with Crippen LogP contribution in [0.4, 0.5) is 15.8 Å². The number of halogens is 1. The van der Waals surface area contributed by atoms with Crippen molar-refractivity contribution in [2.75, 3.05) is 18.9 Å². The molecule has 0 aliphatic heterocycles. The van der Waals surface area contributed by atoms with Gasteiger partial charge in [-0.2, -0.15) is 4.31 Å². The van der Waals surface area contributed by atoms with Crippen LogP contribution >= 0.6 is 0 Å². The van der Waals surface area contributed by atoms with Gasteiger partial charge in [-0.25, -0.2) is 12.8 Å². The number of hydrogen-bond acceptors (Lipinski definition) is 5. The van der Waals surface area contributed by atoms with E-state index in [9.17, 15) is 27.7 Å². The molecule has 2 aromatic carbocycles. The maximum atomic E-state index is 13.1. The second-order valence-corrected chi connectivity index (χ2v) is 7.12. The molecule has 0 spiro atoms. The van der Waals surface area contributed by atoms with E-state index in [0.29, 0.717) is 0 Å². The van der Waals surface area contributed by atoms with Crippen LogP contribution in [0.25, 0.3) is 0 Å². The molecule has 2 rings (SSSR count). The van der Waals surface area contributed by atoms with Crippen molar-refractivity contribution in [3.8, 4) is 0 Å². The SMILES string of the molecule is CN(CC(=O)Nc1cccc(F)c1)S(=O)(=O)c1ccc([N+](=O)[O-])cc1. The van der Waals surface area contributed by atoms with E-state index in [1.165, 1.54) is 25.2 Å². The van der Waals surface area contributed by atoms with Crippen LogP contribution in [0.5, 0.6) is 0 Å². The van der Waals surface area contributed by atoms with E-state index in [1.54, 1.807) is 0 Å². The standard InChI is InChI=1S/C15H14FN3O5S/c1-18(10-15(20)17-12-4-2-3-11(16)9-12)25(23,24)14-7-5-13(6-8-14)19(21)22/h2-9H,10H2,1H3,(H,17,20). The molecular weight excluding hydrogens is 353 g/mol. The van der Waals surface area contributed by atoms with Gasteiger partial charge in [0, 0.05) is 24.9 Å². The van der Waals surface area contributed by atoms with Crippen LogP contribution in [0.2, 0.25) is 0 Å². The van der Waals surface area contributed by atoms with Crippen LogP contribution in [0.3, 0.4) is 0 Å². The molecule has 0 atom stereocenters. The molecule has 132 valence electrons. The first-order valence-corrected chi connectivity index (χ1v) is 8.40. The van der Waals surface area contributed by atoms with Crippen molar-refractivity contribution in [3.63, 3.8) is 0 Å². The van der Waals surface area contributed by atoms with Gasteiger partial charge in [-0.15, -0.1) is 0 Å². The predicted octanol–water partition coefficient (Wildman–Crippen LogP) is 1.99. The summed E-state index contributed by atoms with van der Waals surface area (Å²) in [5, 5.41) is 13.0. The maximum Gasteiger partial charge on any atom is 0.269 e. The molecule has 0 radical (unpaired) electrons. The van der Waals surface area contributed by atoms with Crippen LogP contribution in [0.1, 0.15) is 0 Å². The first-order chi connectivity index (χ1) is 11.7. The average Bonchev–Trinajstić information content (AvgIpc) is 2.54. The van der Waals surface area contributed by atoms with Gasteiger partial charge in [-0.05, 0) is 30.3 Å². The number of amides is 1. The van der Waals surface area contributed by atoms with Gasteiger partial charge < -0.3 is 5.32 Å². The van der Waals surface area contributed by atoms with Gasteiger partial charge in [0.1, 0.15) is 5.82 Å². The smallest absolute Gasteiger partial charge is 0.269 e. The molecule has 1 amide bonds. The van der Waals surface area contributed by atoms with E-state index in [4.69, 9.17) is 0 Å². The predicted molar refractivity (Wildman–Crippen MR) is 87.9 cm³/mol. The Morgan fingerprint density at radius 1 is 1.24 bits per heavy atom. The maximum absolute atomic E-state index is 13.1. The summed E-state index contributed by atoms with van der Waals surface area (Å²) >= 11 is 0. The number of sulfonamides is 1. The minimum absolute atomic E-state index is 0.181. The van der Waals surface area contributed by atoms with Gasteiger partial charge in [-0.1, -0.05) is 6.07 Å². The van der Waals surface area contributed by atoms with Crippen molar-refractivity contribution in [2.24, 2.45) is 0 Å². The van der Waals surface area contributed by atoms with Gasteiger partial charge in [0.15, 0.2) is 0 Å². The summed E-state index contributed by atoms with van der Waals surface area (Å²) in [7, 11) is -2.80. The molecule has 0 aromatic heterocycles. The number of rotatable bonds is 6. The van der Waals surface area contributed by atoms with Crippen molar-refractivity contribution in [1.29, 1.82) is 0 Å². The van der Waals surface area contributed by atoms with Crippen molar-refractivity contribution >= 4 is 27.3 Å². The summed E-state index contributed by atoms with van der Waals surface area (Å²) in [6, 6.07) is 9.49. The lowest BCUT2D eigenvalue weighted by molar-refractivity contribution is -0.384. The molecule has 0 saturated heterocycles. The Morgan fingerprint density at radius 2 is 1.88 bits per heavy atom. The van der Waals surface area contributed by atoms with Crippen molar-refractivity contribution in [3.05, 3.63) is 64.5 Å². The molecule has 0 aliphatic carbocycles. The average molecular weight is 367 g/mol. The third-order valence-corrected chi connectivity index (χ3v) is 5.05. The van der Waals surface area contributed by atoms with E-state index in [-0.39, 0.29) is 16.3 Å². The van der Waals surface area contributed by atoms with Gasteiger partial charge in [0.05, 0.1) is 16.4 Å². The lowest BCUT2D eigenvalue weighted by Crippen LogP contribution is -2.34. The Kier molecular flexibility index (Phi) is 5.45. The summed E-state index contributed by atoms with van der Waals surface area (Å²) in [5.74, 6) is -1.19. The topological polar surface area (TPSA) is 110 Å². The second-order valence-electron chi connectivity index (χ2n) is 5.07. The van der Waals surface area contributed by atoms with Crippen molar-refractivity contribution in [2.45, 2.75) is 4.90 Å². The third-order valence-electron chi connectivity index (χ3n) is 3.23. The van der Waals surface area contributed by atoms with Crippen LogP contribution in [0, 0.1) is 15.9 Å². The van der Waals surface area contributed by atoms with Gasteiger partial charge >= 0.3 is 0 Å². The number of nitrogens with zero attached hydrogens (tertiary/aromatic N) is 2. The zero-order valence-corrected chi connectivity index (χ0v) is 13.9. The summed E-state index contributed by atoms with van der Waals surface area (Å²) < 4.78 is 38.6. The van der Waals surface area contributed by atoms with E-state index in [1.807, 2.05) is 0 Å². The van der Waals surface area contributed by atoms with Crippen LogP contribution in [0.15, 0.2) is 53.4 Å².